The van der Waals surface area contributed by atoms with Crippen LogP contribution in [0.4, 0.5) is 0 Å². The van der Waals surface area contributed by atoms with Crippen LogP contribution in [0.5, 0.6) is 0 Å². The minimum absolute atomic E-state index is 0.473. The van der Waals surface area contributed by atoms with Crippen LogP contribution in [0.1, 0.15) is 32.6 Å². The van der Waals surface area contributed by atoms with Crippen molar-refractivity contribution < 1.29 is 9.47 Å². The Morgan fingerprint density at radius 2 is 1.83 bits per heavy atom. The van der Waals surface area contributed by atoms with Crippen LogP contribution >= 0.6 is 0 Å². The zero-order valence-electron chi connectivity index (χ0n) is 12.4. The maximum absolute atomic E-state index is 5.30. The first kappa shape index (κ1) is 15.9. The van der Waals surface area contributed by atoms with Crippen molar-refractivity contribution in [3.8, 4) is 0 Å². The van der Waals surface area contributed by atoms with Gasteiger partial charge in [-0.3, -0.25) is 4.90 Å². The lowest BCUT2D eigenvalue weighted by Gasteiger charge is -2.40. The summed E-state index contributed by atoms with van der Waals surface area (Å²) in [5.74, 6) is 0. The van der Waals surface area contributed by atoms with Crippen LogP contribution in [0.3, 0.4) is 0 Å². The SMILES string of the molecule is CNC1CCC(N(CCOC)C(C)COC)CC1. The standard InChI is InChI=1S/C14H30N2O2/c1-12(11-18-4)16(9-10-17-3)14-7-5-13(15-2)6-8-14/h12-15H,5-11H2,1-4H3. The molecule has 1 aliphatic rings. The fourth-order valence-electron chi connectivity index (χ4n) is 2.99. The third-order valence-corrected chi connectivity index (χ3v) is 4.10. The molecule has 0 aromatic rings. The quantitative estimate of drug-likeness (QED) is 0.715. The van der Waals surface area contributed by atoms with Crippen molar-refractivity contribution in [2.75, 3.05) is 41.0 Å². The van der Waals surface area contributed by atoms with Crippen LogP contribution in [0, 0.1) is 0 Å². The van der Waals surface area contributed by atoms with E-state index in [0.717, 1.165) is 19.8 Å². The lowest BCUT2D eigenvalue weighted by atomic mass is 9.89. The first-order chi connectivity index (χ1) is 8.72. The van der Waals surface area contributed by atoms with Crippen LogP contribution in [-0.2, 0) is 9.47 Å². The molecule has 1 fully saturated rings. The summed E-state index contributed by atoms with van der Waals surface area (Å²) in [4.78, 5) is 2.57. The molecule has 1 saturated carbocycles. The normalized spacial score (nSPS) is 26.5. The lowest BCUT2D eigenvalue weighted by Crippen LogP contribution is -2.48. The van der Waals surface area contributed by atoms with Crippen molar-refractivity contribution in [2.24, 2.45) is 0 Å². The molecule has 1 aliphatic carbocycles. The zero-order chi connectivity index (χ0) is 13.4. The summed E-state index contributed by atoms with van der Waals surface area (Å²) in [6.45, 7) is 4.87. The Hall–Kier alpha value is -0.160. The third kappa shape index (κ3) is 4.84. The van der Waals surface area contributed by atoms with Gasteiger partial charge in [0.2, 0.25) is 0 Å². The maximum atomic E-state index is 5.30. The molecule has 1 N–H and O–H groups in total. The smallest absolute Gasteiger partial charge is 0.0615 e. The van der Waals surface area contributed by atoms with Crippen LogP contribution in [0.15, 0.2) is 0 Å². The molecule has 1 atom stereocenters. The molecule has 0 radical (unpaired) electrons. The molecular weight excluding hydrogens is 228 g/mol. The third-order valence-electron chi connectivity index (χ3n) is 4.10. The zero-order valence-corrected chi connectivity index (χ0v) is 12.4. The van der Waals surface area contributed by atoms with Crippen LogP contribution < -0.4 is 5.32 Å². The Bertz CT molecular complexity index is 206. The van der Waals surface area contributed by atoms with Crippen molar-refractivity contribution >= 4 is 0 Å². The molecule has 0 saturated heterocycles. The number of nitrogens with one attached hydrogen (secondary N) is 1. The summed E-state index contributed by atoms with van der Waals surface area (Å²) in [5.41, 5.74) is 0. The molecular formula is C14H30N2O2. The van der Waals surface area contributed by atoms with E-state index in [1.54, 1.807) is 14.2 Å². The van der Waals surface area contributed by atoms with E-state index in [1.807, 2.05) is 0 Å². The largest absolute Gasteiger partial charge is 0.383 e. The van der Waals surface area contributed by atoms with Gasteiger partial charge in [0, 0.05) is 38.9 Å². The Morgan fingerprint density at radius 3 is 2.33 bits per heavy atom. The summed E-state index contributed by atoms with van der Waals surface area (Å²) < 4.78 is 10.5. The van der Waals surface area contributed by atoms with Gasteiger partial charge < -0.3 is 14.8 Å². The lowest BCUT2D eigenvalue weighted by molar-refractivity contribution is 0.0325. The second-order valence-electron chi connectivity index (χ2n) is 5.33. The van der Waals surface area contributed by atoms with Gasteiger partial charge in [-0.15, -0.1) is 0 Å². The molecule has 18 heavy (non-hydrogen) atoms. The monoisotopic (exact) mass is 258 g/mol. The van der Waals surface area contributed by atoms with Gasteiger partial charge in [-0.05, 0) is 39.7 Å². The molecule has 1 unspecified atom stereocenters. The van der Waals surface area contributed by atoms with Crippen molar-refractivity contribution in [2.45, 2.75) is 50.7 Å². The summed E-state index contributed by atoms with van der Waals surface area (Å²) >= 11 is 0. The molecule has 1 rings (SSSR count). The summed E-state index contributed by atoms with van der Waals surface area (Å²) in [6.07, 6.45) is 5.13. The van der Waals surface area contributed by atoms with Crippen LogP contribution in [0.2, 0.25) is 0 Å². The molecule has 0 aromatic heterocycles. The van der Waals surface area contributed by atoms with E-state index < -0.39 is 0 Å². The van der Waals surface area contributed by atoms with Crippen molar-refractivity contribution in [3.63, 3.8) is 0 Å². The van der Waals surface area contributed by atoms with E-state index in [2.05, 4.69) is 24.2 Å². The predicted molar refractivity (Wildman–Crippen MR) is 75.0 cm³/mol. The second-order valence-corrected chi connectivity index (χ2v) is 5.33. The van der Waals surface area contributed by atoms with Crippen molar-refractivity contribution in [1.82, 2.24) is 10.2 Å². The van der Waals surface area contributed by atoms with Crippen molar-refractivity contribution in [1.29, 1.82) is 0 Å². The van der Waals surface area contributed by atoms with Crippen LogP contribution in [0.25, 0.3) is 0 Å². The Balaban J connectivity index is 2.48. The minimum atomic E-state index is 0.473. The molecule has 0 amide bonds. The van der Waals surface area contributed by atoms with Gasteiger partial charge in [0.05, 0.1) is 13.2 Å². The fraction of sp³-hybridized carbons (Fsp3) is 1.00. The average molecular weight is 258 g/mol. The number of rotatable bonds is 8. The van der Waals surface area contributed by atoms with Gasteiger partial charge in [-0.2, -0.15) is 0 Å². The van der Waals surface area contributed by atoms with E-state index >= 15 is 0 Å². The highest BCUT2D eigenvalue weighted by Crippen LogP contribution is 2.24. The highest BCUT2D eigenvalue weighted by Gasteiger charge is 2.27. The number of ether oxygens (including phenoxy) is 2. The van der Waals surface area contributed by atoms with Gasteiger partial charge in [0.25, 0.3) is 0 Å². The average Bonchev–Trinajstić information content (AvgIpc) is 2.40. The summed E-state index contributed by atoms with van der Waals surface area (Å²) in [7, 11) is 5.63. The Morgan fingerprint density at radius 1 is 1.17 bits per heavy atom. The minimum Gasteiger partial charge on any atom is -0.383 e. The number of nitrogens with zero attached hydrogens (tertiary/aromatic N) is 1. The maximum Gasteiger partial charge on any atom is 0.0615 e. The molecule has 0 heterocycles. The van der Waals surface area contributed by atoms with Crippen LogP contribution in [-0.4, -0.2) is 64.1 Å². The first-order valence-corrected chi connectivity index (χ1v) is 7.13. The van der Waals surface area contributed by atoms with E-state index in [-0.39, 0.29) is 0 Å². The van der Waals surface area contributed by atoms with Crippen molar-refractivity contribution in [3.05, 3.63) is 0 Å². The highest BCUT2D eigenvalue weighted by molar-refractivity contribution is 4.84. The van der Waals surface area contributed by atoms with E-state index in [1.165, 1.54) is 25.7 Å². The van der Waals surface area contributed by atoms with E-state index in [9.17, 15) is 0 Å². The number of hydrogen-bond donors (Lipinski definition) is 1. The topological polar surface area (TPSA) is 33.7 Å². The molecule has 108 valence electrons. The fourth-order valence-corrected chi connectivity index (χ4v) is 2.99. The van der Waals surface area contributed by atoms with E-state index in [4.69, 9.17) is 9.47 Å². The molecule has 0 aromatic carbocycles. The van der Waals surface area contributed by atoms with Gasteiger partial charge in [0.1, 0.15) is 0 Å². The summed E-state index contributed by atoms with van der Waals surface area (Å²) in [6, 6.07) is 1.87. The molecule has 0 aliphatic heterocycles. The molecule has 0 bridgehead atoms. The molecule has 0 spiro atoms. The van der Waals surface area contributed by atoms with Gasteiger partial charge in [-0.25, -0.2) is 0 Å². The Kier molecular flexibility index (Phi) is 7.82. The van der Waals surface area contributed by atoms with Gasteiger partial charge in [-0.1, -0.05) is 0 Å². The van der Waals surface area contributed by atoms with Gasteiger partial charge >= 0.3 is 0 Å². The van der Waals surface area contributed by atoms with E-state index in [0.29, 0.717) is 18.1 Å². The number of methoxy groups -OCH3 is 2. The van der Waals surface area contributed by atoms with Gasteiger partial charge in [0.15, 0.2) is 0 Å². The predicted octanol–water partition coefficient (Wildman–Crippen LogP) is 1.50. The molecule has 4 heteroatoms. The highest BCUT2D eigenvalue weighted by atomic mass is 16.5. The first-order valence-electron chi connectivity index (χ1n) is 7.13. The molecule has 4 nitrogen and oxygen atoms in total. The number of hydrogen-bond acceptors (Lipinski definition) is 4. The Labute approximate surface area is 112 Å². The second kappa shape index (κ2) is 8.86. The summed E-state index contributed by atoms with van der Waals surface area (Å²) in [5, 5.41) is 3.39.